The van der Waals surface area contributed by atoms with Crippen LogP contribution in [0.25, 0.3) is 110 Å². The van der Waals surface area contributed by atoms with Crippen LogP contribution < -0.4 is 0 Å². The van der Waals surface area contributed by atoms with Gasteiger partial charge in [0.25, 0.3) is 0 Å². The Labute approximate surface area is 336 Å². The first kappa shape index (κ1) is 33.4. The Hall–Kier alpha value is -7.93. The molecule has 0 saturated carbocycles. The van der Waals surface area contributed by atoms with E-state index < -0.39 is 0 Å². The summed E-state index contributed by atoms with van der Waals surface area (Å²) in [4.78, 5) is 14.9. The smallest absolute Gasteiger partial charge is 0.160 e. The van der Waals surface area contributed by atoms with Gasteiger partial charge in [0.05, 0.1) is 17.0 Å². The van der Waals surface area contributed by atoms with Crippen molar-refractivity contribution in [1.82, 2.24) is 15.0 Å². The molecule has 0 bridgehead atoms. The number of rotatable bonds is 6. The number of aromatic nitrogens is 3. The van der Waals surface area contributed by atoms with E-state index in [4.69, 9.17) is 9.97 Å². The summed E-state index contributed by atoms with van der Waals surface area (Å²) in [7, 11) is 0. The lowest BCUT2D eigenvalue weighted by molar-refractivity contribution is 1.18. The van der Waals surface area contributed by atoms with Crippen LogP contribution in [0, 0.1) is 12.1 Å². The minimum atomic E-state index is 0.649. The fourth-order valence-electron chi connectivity index (χ4n) is 8.27. The average molecular weight is 736 g/mol. The lowest BCUT2D eigenvalue weighted by Gasteiger charge is -2.12. The molecule has 0 unspecified atom stereocenters. The van der Waals surface area contributed by atoms with Gasteiger partial charge in [-0.2, -0.15) is 0 Å². The topological polar surface area (TPSA) is 38.7 Å². The molecule has 11 aromatic rings. The van der Waals surface area contributed by atoms with Gasteiger partial charge in [-0.15, -0.1) is 0 Å². The molecule has 0 aliphatic carbocycles. The van der Waals surface area contributed by atoms with Crippen molar-refractivity contribution in [3.63, 3.8) is 0 Å². The molecular weight excluding hydrogens is 703 g/mol. The Morgan fingerprint density at radius 3 is 1.62 bits per heavy atom. The van der Waals surface area contributed by atoms with E-state index in [0.29, 0.717) is 5.82 Å². The van der Waals surface area contributed by atoms with E-state index in [2.05, 4.69) is 199 Å². The quantitative estimate of drug-likeness (QED) is 0.160. The maximum absolute atomic E-state index is 5.20. The standard InChI is InChI=1S/C55H33N3/c1-4-14-45-36(10-1)13-9-19-46(45)37-20-26-40(27-21-37)53-33-54(41-28-22-39(23-29-41)52-35-56-34-44-12-3-6-16-48(44)52)58-55(57-53)42-30-24-38(25-31-42)51-32-43-11-2-5-15-47(43)49-17-7-8-18-50(49)51/h1-20,22-26,28-35H. The molecule has 0 amide bonds. The van der Waals surface area contributed by atoms with Gasteiger partial charge in [-0.3, -0.25) is 4.98 Å². The minimum absolute atomic E-state index is 0.649. The summed E-state index contributed by atoms with van der Waals surface area (Å²) in [5.41, 5.74) is 11.1. The first-order valence-electron chi connectivity index (χ1n) is 19.5. The monoisotopic (exact) mass is 735 g/mol. The lowest BCUT2D eigenvalue weighted by Crippen LogP contribution is -1.96. The van der Waals surface area contributed by atoms with Crippen LogP contribution in [0.2, 0.25) is 0 Å². The fraction of sp³-hybridized carbons (Fsp3) is 0. The van der Waals surface area contributed by atoms with Gasteiger partial charge in [-0.05, 0) is 84.2 Å². The van der Waals surface area contributed by atoms with Crippen molar-refractivity contribution in [2.24, 2.45) is 0 Å². The van der Waals surface area contributed by atoms with Crippen molar-refractivity contribution in [3.05, 3.63) is 213 Å². The van der Waals surface area contributed by atoms with Crippen molar-refractivity contribution in [1.29, 1.82) is 0 Å². The van der Waals surface area contributed by atoms with Crippen LogP contribution in [-0.2, 0) is 0 Å². The summed E-state index contributed by atoms with van der Waals surface area (Å²) in [6.45, 7) is 0. The molecule has 0 N–H and O–H groups in total. The maximum atomic E-state index is 5.20. The fourth-order valence-corrected chi connectivity index (χ4v) is 8.27. The van der Waals surface area contributed by atoms with E-state index in [1.807, 2.05) is 18.5 Å². The number of hydrogen-bond donors (Lipinski definition) is 0. The van der Waals surface area contributed by atoms with E-state index in [-0.39, 0.29) is 0 Å². The first-order valence-corrected chi connectivity index (χ1v) is 19.5. The zero-order valence-electron chi connectivity index (χ0n) is 31.4. The largest absolute Gasteiger partial charge is 0.263 e. The molecule has 0 spiro atoms. The lowest BCUT2D eigenvalue weighted by atomic mass is 9.93. The molecule has 2 aromatic heterocycles. The van der Waals surface area contributed by atoms with E-state index in [9.17, 15) is 0 Å². The van der Waals surface area contributed by atoms with Crippen LogP contribution in [0.4, 0.5) is 0 Å². The highest BCUT2D eigenvalue weighted by Crippen LogP contribution is 2.37. The van der Waals surface area contributed by atoms with Gasteiger partial charge in [-0.25, -0.2) is 9.97 Å². The SMILES string of the molecule is c1c(-c2cc(-c3ccc(-c4cncc5ccccc45)cc3)nc(-c3ccc(-c4cc5ccccc5c5ccccc45)cc3)n2)ccc(-c2cccc3ccccc23)c#1. The molecule has 2 heterocycles. The summed E-state index contributed by atoms with van der Waals surface area (Å²) < 4.78 is 0. The molecule has 3 heteroatoms. The van der Waals surface area contributed by atoms with Crippen LogP contribution >= 0.6 is 0 Å². The van der Waals surface area contributed by atoms with Gasteiger partial charge in [0, 0.05) is 40.0 Å². The summed E-state index contributed by atoms with van der Waals surface area (Å²) in [6.07, 6.45) is 3.85. The van der Waals surface area contributed by atoms with Crippen molar-refractivity contribution in [2.45, 2.75) is 0 Å². The third-order valence-corrected chi connectivity index (χ3v) is 11.2. The minimum Gasteiger partial charge on any atom is -0.263 e. The molecule has 0 radical (unpaired) electrons. The van der Waals surface area contributed by atoms with Gasteiger partial charge < -0.3 is 0 Å². The van der Waals surface area contributed by atoms with Crippen LogP contribution in [0.15, 0.2) is 200 Å². The normalized spacial score (nSPS) is 11.3. The molecule has 11 rings (SSSR count). The molecule has 0 aliphatic rings. The van der Waals surface area contributed by atoms with Gasteiger partial charge >= 0.3 is 0 Å². The molecule has 0 aliphatic heterocycles. The van der Waals surface area contributed by atoms with Gasteiger partial charge in [0.15, 0.2) is 5.82 Å². The summed E-state index contributed by atoms with van der Waals surface area (Å²) in [6, 6.07) is 73.2. The second-order valence-electron chi connectivity index (χ2n) is 14.7. The van der Waals surface area contributed by atoms with Crippen molar-refractivity contribution in [2.75, 3.05) is 0 Å². The number of hydrogen-bond acceptors (Lipinski definition) is 3. The number of fused-ring (bicyclic) bond motifs is 5. The van der Waals surface area contributed by atoms with E-state index in [1.165, 1.54) is 43.3 Å². The molecule has 268 valence electrons. The highest BCUT2D eigenvalue weighted by atomic mass is 14.9. The number of benzene rings is 8. The Balaban J connectivity index is 1.01. The highest BCUT2D eigenvalue weighted by Gasteiger charge is 2.14. The highest BCUT2D eigenvalue weighted by molar-refractivity contribution is 6.13. The Kier molecular flexibility index (Phi) is 8.05. The molecule has 9 aromatic carbocycles. The Morgan fingerprint density at radius 2 is 0.862 bits per heavy atom. The van der Waals surface area contributed by atoms with E-state index >= 15 is 0 Å². The zero-order valence-corrected chi connectivity index (χ0v) is 31.4. The van der Waals surface area contributed by atoms with E-state index in [0.717, 1.165) is 61.3 Å². The second-order valence-corrected chi connectivity index (χ2v) is 14.7. The third kappa shape index (κ3) is 5.93. The molecule has 0 saturated heterocycles. The molecule has 0 atom stereocenters. The maximum Gasteiger partial charge on any atom is 0.160 e. The zero-order chi connectivity index (χ0) is 38.4. The molecule has 3 nitrogen and oxygen atoms in total. The predicted molar refractivity (Wildman–Crippen MR) is 240 cm³/mol. The molecule has 0 fully saturated rings. The second kappa shape index (κ2) is 14.0. The van der Waals surface area contributed by atoms with Crippen LogP contribution in [-0.4, -0.2) is 15.0 Å². The molecular formula is C55H33N3. The predicted octanol–water partition coefficient (Wildman–Crippen LogP) is 14.1. The van der Waals surface area contributed by atoms with E-state index in [1.54, 1.807) is 0 Å². The van der Waals surface area contributed by atoms with Crippen LogP contribution in [0.3, 0.4) is 0 Å². The van der Waals surface area contributed by atoms with Crippen molar-refractivity contribution in [3.8, 4) is 67.3 Å². The van der Waals surface area contributed by atoms with Gasteiger partial charge in [0.2, 0.25) is 0 Å². The Bertz CT molecular complexity index is 3160. The summed E-state index contributed by atoms with van der Waals surface area (Å²) >= 11 is 0. The Morgan fingerprint density at radius 1 is 0.310 bits per heavy atom. The number of pyridine rings is 1. The summed E-state index contributed by atoms with van der Waals surface area (Å²) in [5, 5.41) is 9.66. The van der Waals surface area contributed by atoms with Gasteiger partial charge in [-0.1, -0.05) is 176 Å². The van der Waals surface area contributed by atoms with Crippen molar-refractivity contribution < 1.29 is 0 Å². The van der Waals surface area contributed by atoms with Crippen molar-refractivity contribution >= 4 is 43.1 Å². The first-order chi connectivity index (χ1) is 28.7. The van der Waals surface area contributed by atoms with Gasteiger partial charge in [0.1, 0.15) is 0 Å². The average Bonchev–Trinajstić information content (AvgIpc) is 3.31. The van der Waals surface area contributed by atoms with Crippen LogP contribution in [0.1, 0.15) is 0 Å². The summed E-state index contributed by atoms with van der Waals surface area (Å²) in [5.74, 6) is 0.649. The third-order valence-electron chi connectivity index (χ3n) is 11.2. The van der Waals surface area contributed by atoms with Crippen LogP contribution in [0.5, 0.6) is 0 Å². The number of nitrogens with zero attached hydrogens (tertiary/aromatic N) is 3. The molecule has 58 heavy (non-hydrogen) atoms.